The van der Waals surface area contributed by atoms with E-state index in [1.54, 1.807) is 17.7 Å². The summed E-state index contributed by atoms with van der Waals surface area (Å²) in [4.78, 5) is 41.4. The largest absolute Gasteiger partial charge is 0.356 e. The van der Waals surface area contributed by atoms with E-state index in [-0.39, 0.29) is 22.9 Å². The van der Waals surface area contributed by atoms with Gasteiger partial charge in [0, 0.05) is 30.7 Å². The molecule has 1 saturated heterocycles. The predicted molar refractivity (Wildman–Crippen MR) is 124 cm³/mol. The number of aryl methyl sites for hydroxylation is 1. The molecule has 1 aliphatic heterocycles. The SMILES string of the molecule is CC(=O)c1c(C)c2cnc(Nc3ccc(N4CCNC4)cn3)nc2n(C2CCCC2)c1=O. The number of carbonyl (C=O) groups is 1. The van der Waals surface area contributed by atoms with Gasteiger partial charge in [-0.05, 0) is 44.4 Å². The highest BCUT2D eigenvalue weighted by Gasteiger charge is 2.25. The van der Waals surface area contributed by atoms with Gasteiger partial charge in [-0.15, -0.1) is 0 Å². The molecular formula is C23H27N7O2. The summed E-state index contributed by atoms with van der Waals surface area (Å²) in [5.74, 6) is 0.787. The molecule has 1 saturated carbocycles. The van der Waals surface area contributed by atoms with Crippen LogP contribution in [0.1, 0.15) is 54.6 Å². The van der Waals surface area contributed by atoms with Crippen molar-refractivity contribution in [3.05, 3.63) is 46.0 Å². The zero-order chi connectivity index (χ0) is 22.2. The minimum Gasteiger partial charge on any atom is -0.356 e. The number of rotatable bonds is 5. The van der Waals surface area contributed by atoms with Gasteiger partial charge in [0.2, 0.25) is 5.95 Å². The van der Waals surface area contributed by atoms with Crippen molar-refractivity contribution < 1.29 is 4.79 Å². The highest BCUT2D eigenvalue weighted by molar-refractivity contribution is 5.99. The Morgan fingerprint density at radius 1 is 1.19 bits per heavy atom. The van der Waals surface area contributed by atoms with Crippen molar-refractivity contribution >= 4 is 34.3 Å². The molecule has 0 bridgehead atoms. The quantitative estimate of drug-likeness (QED) is 0.592. The van der Waals surface area contributed by atoms with Crippen LogP contribution in [0.5, 0.6) is 0 Å². The standard InChI is InChI=1S/C23H27N7O2/c1-14-18-12-26-23(27-19-8-7-17(11-25-19)29-10-9-24-13-29)28-21(18)30(16-5-3-4-6-16)22(32)20(14)15(2)31/h7-8,11-12,16,24H,3-6,9-10,13H2,1-2H3,(H,25,26,27,28). The van der Waals surface area contributed by atoms with Crippen molar-refractivity contribution in [2.24, 2.45) is 0 Å². The second-order valence-corrected chi connectivity index (χ2v) is 8.55. The van der Waals surface area contributed by atoms with Crippen LogP contribution in [0.25, 0.3) is 11.0 Å². The molecule has 0 radical (unpaired) electrons. The maximum absolute atomic E-state index is 13.3. The predicted octanol–water partition coefficient (Wildman–Crippen LogP) is 2.92. The lowest BCUT2D eigenvalue weighted by atomic mass is 10.0. The average Bonchev–Trinajstić information content (AvgIpc) is 3.49. The second-order valence-electron chi connectivity index (χ2n) is 8.55. The number of ketones is 1. The van der Waals surface area contributed by atoms with E-state index < -0.39 is 0 Å². The molecule has 9 nitrogen and oxygen atoms in total. The lowest BCUT2D eigenvalue weighted by Crippen LogP contribution is -2.30. The molecule has 0 aromatic carbocycles. The molecule has 0 amide bonds. The topological polar surface area (TPSA) is 105 Å². The van der Waals surface area contributed by atoms with Crippen LogP contribution in [0.4, 0.5) is 17.5 Å². The molecule has 5 rings (SSSR count). The molecule has 2 N–H and O–H groups in total. The van der Waals surface area contributed by atoms with E-state index in [0.29, 0.717) is 23.0 Å². The van der Waals surface area contributed by atoms with Crippen molar-refractivity contribution in [3.8, 4) is 0 Å². The molecule has 0 unspecified atom stereocenters. The molecule has 0 atom stereocenters. The Labute approximate surface area is 185 Å². The third-order valence-corrected chi connectivity index (χ3v) is 6.46. The van der Waals surface area contributed by atoms with Crippen molar-refractivity contribution in [2.75, 3.05) is 30.0 Å². The molecule has 166 valence electrons. The Kier molecular flexibility index (Phi) is 5.34. The molecule has 2 fully saturated rings. The maximum Gasteiger partial charge on any atom is 0.263 e. The summed E-state index contributed by atoms with van der Waals surface area (Å²) >= 11 is 0. The normalized spacial score (nSPS) is 16.8. The summed E-state index contributed by atoms with van der Waals surface area (Å²) in [5, 5.41) is 7.20. The Balaban J connectivity index is 1.54. The van der Waals surface area contributed by atoms with Crippen molar-refractivity contribution in [2.45, 2.75) is 45.6 Å². The number of nitrogens with zero attached hydrogens (tertiary/aromatic N) is 5. The summed E-state index contributed by atoms with van der Waals surface area (Å²) < 4.78 is 1.72. The number of hydrogen-bond donors (Lipinski definition) is 2. The van der Waals surface area contributed by atoms with Gasteiger partial charge in [-0.3, -0.25) is 19.5 Å². The van der Waals surface area contributed by atoms with Crippen molar-refractivity contribution in [3.63, 3.8) is 0 Å². The van der Waals surface area contributed by atoms with Crippen LogP contribution in [0.2, 0.25) is 0 Å². The van der Waals surface area contributed by atoms with E-state index in [0.717, 1.165) is 56.5 Å². The highest BCUT2D eigenvalue weighted by Crippen LogP contribution is 2.32. The van der Waals surface area contributed by atoms with Gasteiger partial charge in [-0.25, -0.2) is 9.97 Å². The Morgan fingerprint density at radius 2 is 2.00 bits per heavy atom. The van der Waals surface area contributed by atoms with E-state index in [2.05, 4.69) is 25.5 Å². The molecular weight excluding hydrogens is 406 g/mol. The first-order chi connectivity index (χ1) is 15.5. The molecule has 3 aromatic rings. The minimum atomic E-state index is -0.249. The molecule has 3 aromatic heterocycles. The van der Waals surface area contributed by atoms with E-state index >= 15 is 0 Å². The van der Waals surface area contributed by atoms with Crippen molar-refractivity contribution in [1.82, 2.24) is 24.8 Å². The summed E-state index contributed by atoms with van der Waals surface area (Å²) in [6, 6.07) is 3.97. The molecule has 2 aliphatic rings. The number of anilines is 3. The van der Waals surface area contributed by atoms with E-state index in [1.807, 2.05) is 18.3 Å². The number of pyridine rings is 2. The molecule has 4 heterocycles. The van der Waals surface area contributed by atoms with Crippen LogP contribution in [0.3, 0.4) is 0 Å². The van der Waals surface area contributed by atoms with E-state index in [4.69, 9.17) is 4.98 Å². The first kappa shape index (κ1) is 20.6. The van der Waals surface area contributed by atoms with Gasteiger partial charge in [0.1, 0.15) is 11.5 Å². The number of hydrogen-bond acceptors (Lipinski definition) is 8. The van der Waals surface area contributed by atoms with E-state index in [9.17, 15) is 9.59 Å². The van der Waals surface area contributed by atoms with Crippen LogP contribution in [-0.2, 0) is 0 Å². The fourth-order valence-corrected chi connectivity index (χ4v) is 4.80. The molecule has 9 heteroatoms. The third kappa shape index (κ3) is 3.62. The third-order valence-electron chi connectivity index (χ3n) is 6.46. The van der Waals surface area contributed by atoms with Gasteiger partial charge in [-0.2, -0.15) is 4.98 Å². The molecule has 0 spiro atoms. The lowest BCUT2D eigenvalue weighted by molar-refractivity contribution is 0.101. The second kappa shape index (κ2) is 8.31. The summed E-state index contributed by atoms with van der Waals surface area (Å²) in [6.07, 6.45) is 7.49. The van der Waals surface area contributed by atoms with Gasteiger partial charge in [-0.1, -0.05) is 12.8 Å². The smallest absolute Gasteiger partial charge is 0.263 e. The van der Waals surface area contributed by atoms with Crippen molar-refractivity contribution in [1.29, 1.82) is 0 Å². The zero-order valence-corrected chi connectivity index (χ0v) is 18.4. The van der Waals surface area contributed by atoms with Crippen LogP contribution in [0.15, 0.2) is 29.3 Å². The number of fused-ring (bicyclic) bond motifs is 1. The summed E-state index contributed by atoms with van der Waals surface area (Å²) in [5.41, 5.74) is 2.26. The Bertz CT molecular complexity index is 1220. The first-order valence-corrected chi connectivity index (χ1v) is 11.1. The maximum atomic E-state index is 13.3. The number of carbonyl (C=O) groups excluding carboxylic acids is 1. The Morgan fingerprint density at radius 3 is 2.66 bits per heavy atom. The van der Waals surface area contributed by atoms with Gasteiger partial charge in [0.15, 0.2) is 5.78 Å². The average molecular weight is 434 g/mol. The zero-order valence-electron chi connectivity index (χ0n) is 18.4. The first-order valence-electron chi connectivity index (χ1n) is 11.1. The fourth-order valence-electron chi connectivity index (χ4n) is 4.80. The van der Waals surface area contributed by atoms with Crippen LogP contribution in [-0.4, -0.2) is 45.1 Å². The fraction of sp³-hybridized carbons (Fsp3) is 0.435. The van der Waals surface area contributed by atoms with E-state index in [1.165, 1.54) is 6.92 Å². The van der Waals surface area contributed by atoms with Gasteiger partial charge < -0.3 is 10.2 Å². The van der Waals surface area contributed by atoms with Gasteiger partial charge in [0.25, 0.3) is 5.56 Å². The van der Waals surface area contributed by atoms with Gasteiger partial charge in [0.05, 0.1) is 24.1 Å². The van der Waals surface area contributed by atoms with Crippen LogP contribution in [0, 0.1) is 6.92 Å². The highest BCUT2D eigenvalue weighted by atomic mass is 16.1. The molecule has 1 aliphatic carbocycles. The van der Waals surface area contributed by atoms with Gasteiger partial charge >= 0.3 is 0 Å². The number of nitrogens with one attached hydrogen (secondary N) is 2. The van der Waals surface area contributed by atoms with Crippen LogP contribution < -0.4 is 21.1 Å². The summed E-state index contributed by atoms with van der Waals surface area (Å²) in [6.45, 7) is 5.99. The minimum absolute atomic E-state index is 0.0536. The monoisotopic (exact) mass is 433 g/mol. The number of Topliss-reactive ketones (excluding diaryl/α,β-unsaturated/α-hetero) is 1. The molecule has 32 heavy (non-hydrogen) atoms. The number of aromatic nitrogens is 4. The summed E-state index contributed by atoms with van der Waals surface area (Å²) in [7, 11) is 0. The van der Waals surface area contributed by atoms with Crippen LogP contribution >= 0.6 is 0 Å². The lowest BCUT2D eigenvalue weighted by Gasteiger charge is -2.19. The Hall–Kier alpha value is -3.33.